The van der Waals surface area contributed by atoms with Gasteiger partial charge < -0.3 is 29.3 Å². The molecule has 2 aromatic carbocycles. The Balaban J connectivity index is 1.75. The van der Waals surface area contributed by atoms with Crippen LogP contribution < -0.4 is 10.6 Å². The fourth-order valence-corrected chi connectivity index (χ4v) is 5.87. The van der Waals surface area contributed by atoms with Crippen LogP contribution in [-0.4, -0.2) is 74.6 Å². The number of ether oxygens (including phenoxy) is 1. The molecule has 1 saturated heterocycles. The van der Waals surface area contributed by atoms with Crippen LogP contribution in [0.1, 0.15) is 31.4 Å². The minimum Gasteiger partial charge on any atom is -0.378 e. The lowest BCUT2D eigenvalue weighted by molar-refractivity contribution is -0.123. The Morgan fingerprint density at radius 2 is 1.55 bits per heavy atom. The molecule has 2 aromatic rings. The van der Waals surface area contributed by atoms with Crippen LogP contribution in [0.4, 0.5) is 4.79 Å². The molecule has 0 aliphatic carbocycles. The van der Waals surface area contributed by atoms with Crippen molar-refractivity contribution in [3.63, 3.8) is 0 Å². The van der Waals surface area contributed by atoms with Crippen molar-refractivity contribution in [1.82, 2.24) is 15.5 Å². The van der Waals surface area contributed by atoms with Gasteiger partial charge in [0, 0.05) is 25.6 Å². The lowest BCUT2D eigenvalue weighted by Crippen LogP contribution is -2.55. The van der Waals surface area contributed by atoms with Crippen molar-refractivity contribution in [2.75, 3.05) is 45.7 Å². The molecule has 1 aliphatic rings. The summed E-state index contributed by atoms with van der Waals surface area (Å²) < 4.78 is 29.1. The van der Waals surface area contributed by atoms with Gasteiger partial charge in [-0.25, -0.2) is 4.79 Å². The van der Waals surface area contributed by atoms with Crippen LogP contribution in [0.2, 0.25) is 0 Å². The molecule has 218 valence electrons. The maximum atomic E-state index is 13.6. The van der Waals surface area contributed by atoms with Crippen molar-refractivity contribution in [2.45, 2.75) is 45.2 Å². The average molecular weight is 572 g/mol. The summed E-state index contributed by atoms with van der Waals surface area (Å²) in [5.74, 6) is -0.286. The van der Waals surface area contributed by atoms with Crippen LogP contribution in [0.25, 0.3) is 0 Å². The molecule has 2 atom stereocenters. The Morgan fingerprint density at radius 3 is 2.15 bits per heavy atom. The first-order chi connectivity index (χ1) is 19.4. The molecule has 0 unspecified atom stereocenters. The predicted molar refractivity (Wildman–Crippen MR) is 156 cm³/mol. The number of amides is 3. The molecule has 40 heavy (non-hydrogen) atoms. The van der Waals surface area contributed by atoms with Crippen molar-refractivity contribution < 1.29 is 27.9 Å². The first-order valence-corrected chi connectivity index (χ1v) is 15.7. The predicted octanol–water partition coefficient (Wildman–Crippen LogP) is 4.58. The quantitative estimate of drug-likeness (QED) is 0.240. The van der Waals surface area contributed by atoms with Gasteiger partial charge in [0.1, 0.15) is 6.04 Å². The number of carbonyl (C=O) groups is 2. The van der Waals surface area contributed by atoms with Gasteiger partial charge in [0.25, 0.3) is 0 Å². The lowest BCUT2D eigenvalue weighted by Gasteiger charge is -2.29. The van der Waals surface area contributed by atoms with Crippen molar-refractivity contribution in [3.8, 4) is 0 Å². The number of rotatable bonds is 15. The largest absolute Gasteiger partial charge is 0.378 e. The van der Waals surface area contributed by atoms with E-state index in [0.717, 1.165) is 17.5 Å². The minimum atomic E-state index is -3.26. The Labute approximate surface area is 237 Å². The van der Waals surface area contributed by atoms with E-state index < -0.39 is 13.6 Å². The third-order valence-electron chi connectivity index (χ3n) is 6.46. The third-order valence-corrected chi connectivity index (χ3v) is 8.42. The highest BCUT2D eigenvalue weighted by atomic mass is 31.2. The minimum absolute atomic E-state index is 0.105. The standard InChI is InChI=1S/C30H42N3O6P/c1-3-38-40(36,39-4-2)23-11-16-27(18-17-25-12-7-5-8-13-25)31-29(34)28(24-26-14-9-6-10-15-26)32-30(35)33-19-21-37-22-20-33/h5-16,27-28H,3-4,17-24H2,1-2H3,(H,31,34)(H,32,35)/t27-,28+/m1/s1. The number of nitrogens with one attached hydrogen (secondary N) is 2. The number of hydrogen-bond acceptors (Lipinski definition) is 6. The van der Waals surface area contributed by atoms with Gasteiger partial charge in [-0.2, -0.15) is 0 Å². The Hall–Kier alpha value is -2.97. The van der Waals surface area contributed by atoms with E-state index in [1.807, 2.05) is 66.7 Å². The Morgan fingerprint density at radius 1 is 0.950 bits per heavy atom. The summed E-state index contributed by atoms with van der Waals surface area (Å²) in [4.78, 5) is 28.3. The second-order valence-corrected chi connectivity index (χ2v) is 11.6. The molecule has 10 heteroatoms. The summed E-state index contributed by atoms with van der Waals surface area (Å²) in [7, 11) is -3.26. The number of aryl methyl sites for hydroxylation is 1. The molecule has 9 nitrogen and oxygen atoms in total. The van der Waals surface area contributed by atoms with Gasteiger partial charge in [-0.05, 0) is 37.8 Å². The Kier molecular flexibility index (Phi) is 13.4. The summed E-state index contributed by atoms with van der Waals surface area (Å²) in [6.07, 6.45) is 5.40. The number of nitrogens with zero attached hydrogens (tertiary/aromatic N) is 1. The summed E-state index contributed by atoms with van der Waals surface area (Å²) in [5.41, 5.74) is 2.08. The molecule has 1 heterocycles. The summed E-state index contributed by atoms with van der Waals surface area (Å²) in [6, 6.07) is 18.2. The maximum Gasteiger partial charge on any atom is 0.334 e. The molecular weight excluding hydrogens is 529 g/mol. The van der Waals surface area contributed by atoms with E-state index in [1.165, 1.54) is 0 Å². The van der Waals surface area contributed by atoms with Gasteiger partial charge in [-0.3, -0.25) is 9.36 Å². The molecule has 1 aliphatic heterocycles. The van der Waals surface area contributed by atoms with Gasteiger partial charge >= 0.3 is 13.6 Å². The molecule has 0 aromatic heterocycles. The second kappa shape index (κ2) is 17.0. The highest BCUT2D eigenvalue weighted by Crippen LogP contribution is 2.47. The smallest absolute Gasteiger partial charge is 0.334 e. The zero-order valence-corrected chi connectivity index (χ0v) is 24.4. The van der Waals surface area contributed by atoms with Gasteiger partial charge in [0.05, 0.1) is 32.6 Å². The van der Waals surface area contributed by atoms with Gasteiger partial charge in [0.2, 0.25) is 5.91 Å². The van der Waals surface area contributed by atoms with E-state index in [0.29, 0.717) is 39.1 Å². The molecule has 0 spiro atoms. The van der Waals surface area contributed by atoms with E-state index >= 15 is 0 Å². The van der Waals surface area contributed by atoms with E-state index in [1.54, 1.807) is 24.8 Å². The molecule has 0 radical (unpaired) electrons. The highest BCUT2D eigenvalue weighted by Gasteiger charge is 2.27. The van der Waals surface area contributed by atoms with Crippen LogP contribution in [0.15, 0.2) is 72.8 Å². The normalized spacial score (nSPS) is 15.5. The Bertz CT molecular complexity index is 1100. The second-order valence-electron chi connectivity index (χ2n) is 9.49. The molecule has 3 rings (SSSR count). The van der Waals surface area contributed by atoms with E-state index in [9.17, 15) is 14.2 Å². The fourth-order valence-electron chi connectivity index (χ4n) is 4.42. The van der Waals surface area contributed by atoms with Crippen LogP contribution in [0.3, 0.4) is 0 Å². The van der Waals surface area contributed by atoms with Gasteiger partial charge in [-0.15, -0.1) is 0 Å². The molecule has 0 saturated carbocycles. The van der Waals surface area contributed by atoms with Crippen LogP contribution in [-0.2, 0) is 36.0 Å². The number of allylic oxidation sites excluding steroid dienone is 1. The number of morpholine rings is 1. The van der Waals surface area contributed by atoms with Crippen LogP contribution in [0, 0.1) is 0 Å². The first kappa shape index (κ1) is 31.6. The molecule has 0 bridgehead atoms. The average Bonchev–Trinajstić information content (AvgIpc) is 2.97. The number of hydrogen-bond donors (Lipinski definition) is 2. The third kappa shape index (κ3) is 10.9. The van der Waals surface area contributed by atoms with Crippen molar-refractivity contribution in [2.24, 2.45) is 0 Å². The first-order valence-electron chi connectivity index (χ1n) is 14.0. The van der Waals surface area contributed by atoms with E-state index in [2.05, 4.69) is 10.6 Å². The van der Waals surface area contributed by atoms with Crippen LogP contribution >= 0.6 is 7.60 Å². The zero-order chi connectivity index (χ0) is 28.6. The highest BCUT2D eigenvalue weighted by molar-refractivity contribution is 7.54. The SMILES string of the molecule is CCOP(=O)(CC=C[C@H](CCc1ccccc1)NC(=O)[C@H](Cc1ccccc1)NC(=O)N1CCOCC1)OCC. The molecule has 2 N–H and O–H groups in total. The van der Waals surface area contributed by atoms with Crippen molar-refractivity contribution in [3.05, 3.63) is 83.9 Å². The fraction of sp³-hybridized carbons (Fsp3) is 0.467. The van der Waals surface area contributed by atoms with E-state index in [4.69, 9.17) is 13.8 Å². The van der Waals surface area contributed by atoms with E-state index in [-0.39, 0.29) is 37.4 Å². The summed E-state index contributed by atoms with van der Waals surface area (Å²) in [6.45, 7) is 6.02. The molecule has 3 amide bonds. The number of benzene rings is 2. The monoisotopic (exact) mass is 571 g/mol. The lowest BCUT2D eigenvalue weighted by atomic mass is 10.0. The van der Waals surface area contributed by atoms with Gasteiger partial charge in [0.15, 0.2) is 0 Å². The topological polar surface area (TPSA) is 106 Å². The molecular formula is C30H42N3O6P. The van der Waals surface area contributed by atoms with Crippen molar-refractivity contribution >= 4 is 19.5 Å². The zero-order valence-electron chi connectivity index (χ0n) is 23.5. The molecule has 1 fully saturated rings. The van der Waals surface area contributed by atoms with Gasteiger partial charge in [-0.1, -0.05) is 72.8 Å². The summed E-state index contributed by atoms with van der Waals surface area (Å²) in [5, 5.41) is 6.05. The number of carbonyl (C=O) groups excluding carboxylic acids is 2. The maximum absolute atomic E-state index is 13.6. The van der Waals surface area contributed by atoms with Crippen molar-refractivity contribution in [1.29, 1.82) is 0 Å². The number of urea groups is 1. The van der Waals surface area contributed by atoms with Crippen LogP contribution in [0.5, 0.6) is 0 Å². The summed E-state index contributed by atoms with van der Waals surface area (Å²) >= 11 is 0.